The van der Waals surface area contributed by atoms with Gasteiger partial charge in [0, 0.05) is 48.5 Å². The normalized spacial score (nSPS) is 28.6. The van der Waals surface area contributed by atoms with E-state index in [4.69, 9.17) is 52.1 Å². The number of carbonyl (C=O) groups is 7. The average Bonchev–Trinajstić information content (AvgIpc) is 3.16. The fourth-order valence-electron chi connectivity index (χ4n) is 7.58. The standard InChI is InChI=1S/C46H64O18/c1-25(18-19-35-27(3)17-14-21-46(35,11)12)15-13-16-26(2)20-22-54-44-42(60-33(9)52)41(59-32(8)51)39(37(62-44)24-56-29(5)48)64-45-43(61-34(10)53)40(58-31(7)50)38(57-30(6)49)36(63-45)23-55-28(4)47/h13,15-16,18-20,36-45H,14,17,21-24H2,1-12H3/b16-13+,19-18+,25-15+,26-20+/t36-,37-,38-,39-,40+,41+,42-,43-,44-,45-/m1/s1. The Labute approximate surface area is 374 Å². The summed E-state index contributed by atoms with van der Waals surface area (Å²) in [7, 11) is 0. The van der Waals surface area contributed by atoms with Gasteiger partial charge in [-0.2, -0.15) is 0 Å². The minimum atomic E-state index is -1.80. The van der Waals surface area contributed by atoms with E-state index >= 15 is 0 Å². The lowest BCUT2D eigenvalue weighted by Gasteiger charge is -2.48. The van der Waals surface area contributed by atoms with Gasteiger partial charge in [-0.1, -0.05) is 67.0 Å². The summed E-state index contributed by atoms with van der Waals surface area (Å²) >= 11 is 0. The average molecular weight is 905 g/mol. The highest BCUT2D eigenvalue weighted by molar-refractivity contribution is 5.69. The first kappa shape index (κ1) is 53.2. The predicted molar refractivity (Wildman–Crippen MR) is 225 cm³/mol. The van der Waals surface area contributed by atoms with Crippen LogP contribution in [0.15, 0.2) is 58.7 Å². The number of rotatable bonds is 18. The van der Waals surface area contributed by atoms with E-state index in [-0.39, 0.29) is 12.0 Å². The van der Waals surface area contributed by atoms with Crippen LogP contribution in [0.1, 0.15) is 102 Å². The minimum Gasteiger partial charge on any atom is -0.463 e. The van der Waals surface area contributed by atoms with Crippen molar-refractivity contribution in [1.82, 2.24) is 0 Å². The van der Waals surface area contributed by atoms with Gasteiger partial charge in [0.1, 0.15) is 31.5 Å². The molecule has 0 N–H and O–H groups in total. The fraction of sp³-hybridized carbons (Fsp3) is 0.630. The number of ether oxygens (including phenoxy) is 11. The van der Waals surface area contributed by atoms with Crippen molar-refractivity contribution < 1.29 is 85.7 Å². The largest absolute Gasteiger partial charge is 0.463 e. The third kappa shape index (κ3) is 16.8. The molecular formula is C46H64O18. The number of carbonyl (C=O) groups excluding carboxylic acids is 7. The zero-order chi connectivity index (χ0) is 47.9. The molecule has 0 saturated carbocycles. The summed E-state index contributed by atoms with van der Waals surface area (Å²) in [6.07, 6.45) is -0.313. The molecule has 0 spiro atoms. The first-order valence-electron chi connectivity index (χ1n) is 21.1. The molecule has 3 rings (SSSR count). The molecule has 356 valence electrons. The molecule has 2 saturated heterocycles. The quantitative estimate of drug-likeness (QED) is 0.0985. The maximum absolute atomic E-state index is 12.7. The Hall–Kier alpha value is -5.17. The van der Waals surface area contributed by atoms with Crippen molar-refractivity contribution in [2.24, 2.45) is 5.41 Å². The van der Waals surface area contributed by atoms with Crippen LogP contribution in [0.25, 0.3) is 0 Å². The lowest BCUT2D eigenvalue weighted by molar-refractivity contribution is -0.360. The van der Waals surface area contributed by atoms with Gasteiger partial charge in [0.05, 0.1) is 6.61 Å². The van der Waals surface area contributed by atoms with Crippen LogP contribution < -0.4 is 0 Å². The van der Waals surface area contributed by atoms with Crippen molar-refractivity contribution in [2.45, 2.75) is 164 Å². The van der Waals surface area contributed by atoms with Crippen LogP contribution >= 0.6 is 0 Å². The zero-order valence-electron chi connectivity index (χ0n) is 38.8. The van der Waals surface area contributed by atoms with Crippen molar-refractivity contribution in [3.63, 3.8) is 0 Å². The Kier molecular flexibility index (Phi) is 20.6. The second-order valence-electron chi connectivity index (χ2n) is 16.5. The van der Waals surface area contributed by atoms with Gasteiger partial charge < -0.3 is 52.1 Å². The van der Waals surface area contributed by atoms with E-state index in [2.05, 4.69) is 32.9 Å². The SMILES string of the molecule is CC(=O)OC[C@H]1O[C@H](O[C@H]2[C@H](OC(C)=O)[C@@H](OC(C)=O)[C@H](OC/C=C(C)/C=C/C=C(C)/C=C/C3=C(C)CCCC3(C)C)O[C@@H]2COC(C)=O)[C@H](OC(C)=O)[C@@H](OC(C)=O)[C@@H]1OC(C)=O. The predicted octanol–water partition coefficient (Wildman–Crippen LogP) is 5.15. The Morgan fingerprint density at radius 1 is 0.594 bits per heavy atom. The van der Waals surface area contributed by atoms with Gasteiger partial charge in [-0.25, -0.2) is 0 Å². The third-order valence-electron chi connectivity index (χ3n) is 10.3. The summed E-state index contributed by atoms with van der Waals surface area (Å²) < 4.78 is 63.2. The van der Waals surface area contributed by atoms with E-state index in [0.29, 0.717) is 0 Å². The maximum atomic E-state index is 12.7. The Morgan fingerprint density at radius 3 is 1.58 bits per heavy atom. The van der Waals surface area contributed by atoms with Crippen LogP contribution in [-0.4, -0.2) is 123 Å². The van der Waals surface area contributed by atoms with Gasteiger partial charge in [-0.15, -0.1) is 0 Å². The second-order valence-corrected chi connectivity index (χ2v) is 16.5. The third-order valence-corrected chi connectivity index (χ3v) is 10.3. The van der Waals surface area contributed by atoms with E-state index in [9.17, 15) is 33.6 Å². The molecule has 18 nitrogen and oxygen atoms in total. The molecule has 0 aromatic carbocycles. The smallest absolute Gasteiger partial charge is 0.303 e. The maximum Gasteiger partial charge on any atom is 0.303 e. The molecular weight excluding hydrogens is 840 g/mol. The first-order chi connectivity index (χ1) is 30.0. The molecule has 0 amide bonds. The molecule has 2 aliphatic heterocycles. The topological polar surface area (TPSA) is 221 Å². The Bertz CT molecular complexity index is 1850. The molecule has 18 heteroatoms. The number of hydrogen-bond acceptors (Lipinski definition) is 18. The molecule has 10 atom stereocenters. The Balaban J connectivity index is 2.00. The van der Waals surface area contributed by atoms with Gasteiger partial charge in [-0.3, -0.25) is 33.6 Å². The van der Waals surface area contributed by atoms with Gasteiger partial charge in [0.2, 0.25) is 0 Å². The van der Waals surface area contributed by atoms with Crippen LogP contribution in [0, 0.1) is 5.41 Å². The lowest BCUT2D eigenvalue weighted by atomic mass is 9.72. The number of allylic oxidation sites excluding steroid dienone is 9. The number of hydrogen-bond donors (Lipinski definition) is 0. The zero-order valence-corrected chi connectivity index (χ0v) is 38.8. The molecule has 0 unspecified atom stereocenters. The summed E-state index contributed by atoms with van der Waals surface area (Å²) in [4.78, 5) is 86.6. The van der Waals surface area contributed by atoms with Gasteiger partial charge in [0.15, 0.2) is 43.1 Å². The van der Waals surface area contributed by atoms with Crippen LogP contribution in [0.3, 0.4) is 0 Å². The van der Waals surface area contributed by atoms with Crippen LogP contribution in [0.4, 0.5) is 0 Å². The highest BCUT2D eigenvalue weighted by Gasteiger charge is 2.57. The van der Waals surface area contributed by atoms with Crippen molar-refractivity contribution in [3.05, 3.63) is 58.7 Å². The van der Waals surface area contributed by atoms with Crippen molar-refractivity contribution in [1.29, 1.82) is 0 Å². The van der Waals surface area contributed by atoms with Crippen molar-refractivity contribution >= 4 is 41.8 Å². The van der Waals surface area contributed by atoms with Crippen molar-refractivity contribution in [2.75, 3.05) is 19.8 Å². The molecule has 64 heavy (non-hydrogen) atoms. The first-order valence-corrected chi connectivity index (χ1v) is 21.1. The monoisotopic (exact) mass is 904 g/mol. The molecule has 0 aromatic heterocycles. The van der Waals surface area contributed by atoms with Gasteiger partial charge in [-0.05, 0) is 51.0 Å². The van der Waals surface area contributed by atoms with Crippen molar-refractivity contribution in [3.8, 4) is 0 Å². The Morgan fingerprint density at radius 2 is 1.06 bits per heavy atom. The summed E-state index contributed by atoms with van der Waals surface area (Å²) in [5.74, 6) is -5.82. The minimum absolute atomic E-state index is 0.0952. The summed E-state index contributed by atoms with van der Waals surface area (Å²) in [5.41, 5.74) is 4.76. The summed E-state index contributed by atoms with van der Waals surface area (Å²) in [5, 5.41) is 0. The van der Waals surface area contributed by atoms with Crippen LogP contribution in [0.5, 0.6) is 0 Å². The van der Waals surface area contributed by atoms with E-state index < -0.39 is 116 Å². The van der Waals surface area contributed by atoms with E-state index in [1.54, 1.807) is 6.08 Å². The highest BCUT2D eigenvalue weighted by Crippen LogP contribution is 2.41. The number of esters is 7. The molecule has 2 heterocycles. The summed E-state index contributed by atoms with van der Waals surface area (Å²) in [6.45, 7) is 17.0. The highest BCUT2D eigenvalue weighted by atomic mass is 16.8. The molecule has 3 aliphatic rings. The second kappa shape index (κ2) is 24.8. The van der Waals surface area contributed by atoms with Crippen LogP contribution in [0.2, 0.25) is 0 Å². The molecule has 0 aromatic rings. The van der Waals surface area contributed by atoms with E-state index in [1.807, 2.05) is 32.1 Å². The molecule has 0 radical (unpaired) electrons. The van der Waals surface area contributed by atoms with Crippen LogP contribution in [-0.2, 0) is 85.7 Å². The van der Waals surface area contributed by atoms with Gasteiger partial charge in [0.25, 0.3) is 0 Å². The molecule has 1 aliphatic carbocycles. The lowest BCUT2D eigenvalue weighted by Crippen LogP contribution is -2.67. The molecule has 0 bridgehead atoms. The molecule has 2 fully saturated rings. The summed E-state index contributed by atoms with van der Waals surface area (Å²) in [6, 6.07) is 0. The van der Waals surface area contributed by atoms with E-state index in [0.717, 1.165) is 72.5 Å². The van der Waals surface area contributed by atoms with Gasteiger partial charge >= 0.3 is 41.8 Å². The van der Waals surface area contributed by atoms with E-state index in [1.165, 1.54) is 17.6 Å². The fourth-order valence-corrected chi connectivity index (χ4v) is 7.58.